The number of esters is 1. The Morgan fingerprint density at radius 3 is 2.89 bits per heavy atom. The van der Waals surface area contributed by atoms with Crippen LogP contribution < -0.4 is 9.64 Å². The number of rotatable bonds is 3. The number of anilines is 1. The Balaban J connectivity index is 2.18. The van der Waals surface area contributed by atoms with Crippen molar-refractivity contribution < 1.29 is 19.1 Å². The Labute approximate surface area is 105 Å². The van der Waals surface area contributed by atoms with Gasteiger partial charge in [0.15, 0.2) is 0 Å². The van der Waals surface area contributed by atoms with E-state index in [2.05, 4.69) is 9.72 Å². The second-order valence-electron chi connectivity index (χ2n) is 3.97. The smallest absolute Gasteiger partial charge is 0.311 e. The molecule has 1 atom stereocenters. The van der Waals surface area contributed by atoms with Gasteiger partial charge in [-0.05, 0) is 6.07 Å². The van der Waals surface area contributed by atoms with Crippen molar-refractivity contribution in [3.05, 3.63) is 18.2 Å². The van der Waals surface area contributed by atoms with E-state index in [0.717, 1.165) is 0 Å². The Morgan fingerprint density at radius 1 is 1.44 bits per heavy atom. The van der Waals surface area contributed by atoms with Gasteiger partial charge in [-0.15, -0.1) is 0 Å². The summed E-state index contributed by atoms with van der Waals surface area (Å²) in [7, 11) is 2.83. The van der Waals surface area contributed by atoms with Gasteiger partial charge >= 0.3 is 5.97 Å². The van der Waals surface area contributed by atoms with Crippen molar-refractivity contribution in [3.8, 4) is 5.88 Å². The Bertz CT molecular complexity index is 475. The fourth-order valence-electron chi connectivity index (χ4n) is 1.92. The lowest BCUT2D eigenvalue weighted by Crippen LogP contribution is -2.27. The van der Waals surface area contributed by atoms with E-state index in [1.807, 2.05) is 0 Å². The molecule has 1 aliphatic heterocycles. The molecule has 2 rings (SSSR count). The van der Waals surface area contributed by atoms with Crippen LogP contribution >= 0.6 is 0 Å². The average molecular weight is 250 g/mol. The van der Waals surface area contributed by atoms with Gasteiger partial charge in [0, 0.05) is 19.0 Å². The molecule has 0 bridgehead atoms. The van der Waals surface area contributed by atoms with Crippen LogP contribution in [-0.4, -0.2) is 37.6 Å². The standard InChI is InChI=1S/C12H14N2O4/c1-17-10-5-3-4-9(13-10)14-7-8(6-11(14)15)12(16)18-2/h3-5,8H,6-7H2,1-2H3. The predicted octanol–water partition coefficient (Wildman–Crippen LogP) is 0.616. The largest absolute Gasteiger partial charge is 0.481 e. The molecule has 18 heavy (non-hydrogen) atoms. The quantitative estimate of drug-likeness (QED) is 0.735. The van der Waals surface area contributed by atoms with E-state index in [9.17, 15) is 9.59 Å². The molecule has 2 heterocycles. The lowest BCUT2D eigenvalue weighted by molar-refractivity contribution is -0.145. The molecule has 1 aliphatic rings. The number of aromatic nitrogens is 1. The highest BCUT2D eigenvalue weighted by Crippen LogP contribution is 2.25. The Kier molecular flexibility index (Phi) is 3.45. The minimum Gasteiger partial charge on any atom is -0.481 e. The zero-order valence-electron chi connectivity index (χ0n) is 10.3. The van der Waals surface area contributed by atoms with Gasteiger partial charge in [0.25, 0.3) is 0 Å². The lowest BCUT2D eigenvalue weighted by atomic mass is 10.1. The molecule has 0 saturated carbocycles. The van der Waals surface area contributed by atoms with E-state index >= 15 is 0 Å². The molecule has 1 unspecified atom stereocenters. The Hall–Kier alpha value is -2.11. The first-order valence-electron chi connectivity index (χ1n) is 5.55. The van der Waals surface area contributed by atoms with Gasteiger partial charge in [-0.3, -0.25) is 14.5 Å². The summed E-state index contributed by atoms with van der Waals surface area (Å²) in [5.74, 6) is 0.00275. The molecule has 1 fully saturated rings. The van der Waals surface area contributed by atoms with E-state index in [4.69, 9.17) is 4.74 Å². The maximum atomic E-state index is 11.8. The molecule has 6 nitrogen and oxygen atoms in total. The summed E-state index contributed by atoms with van der Waals surface area (Å²) in [5.41, 5.74) is 0. The summed E-state index contributed by atoms with van der Waals surface area (Å²) < 4.78 is 9.65. The number of hydrogen-bond donors (Lipinski definition) is 0. The molecule has 0 spiro atoms. The fraction of sp³-hybridized carbons (Fsp3) is 0.417. The summed E-state index contributed by atoms with van der Waals surface area (Å²) in [6, 6.07) is 5.15. The normalized spacial score (nSPS) is 18.9. The minimum absolute atomic E-state index is 0.133. The topological polar surface area (TPSA) is 68.7 Å². The average Bonchev–Trinajstić information content (AvgIpc) is 2.80. The summed E-state index contributed by atoms with van der Waals surface area (Å²) in [5, 5.41) is 0. The maximum Gasteiger partial charge on any atom is 0.311 e. The van der Waals surface area contributed by atoms with E-state index in [0.29, 0.717) is 18.2 Å². The van der Waals surface area contributed by atoms with Crippen molar-refractivity contribution in [1.82, 2.24) is 4.98 Å². The monoisotopic (exact) mass is 250 g/mol. The molecule has 0 aromatic carbocycles. The summed E-state index contributed by atoms with van der Waals surface area (Å²) in [6.07, 6.45) is 0.158. The second-order valence-corrected chi connectivity index (χ2v) is 3.97. The van der Waals surface area contributed by atoms with Crippen LogP contribution in [0.1, 0.15) is 6.42 Å². The number of carbonyl (C=O) groups excluding carboxylic acids is 2. The molecule has 0 N–H and O–H groups in total. The van der Waals surface area contributed by atoms with Gasteiger partial charge < -0.3 is 9.47 Å². The van der Waals surface area contributed by atoms with Crippen LogP contribution in [0.15, 0.2) is 18.2 Å². The first kappa shape index (κ1) is 12.3. The number of amides is 1. The van der Waals surface area contributed by atoms with Crippen molar-refractivity contribution in [2.45, 2.75) is 6.42 Å². The van der Waals surface area contributed by atoms with Crippen LogP contribution in [0.25, 0.3) is 0 Å². The van der Waals surface area contributed by atoms with Gasteiger partial charge in [0.1, 0.15) is 5.82 Å². The van der Waals surface area contributed by atoms with Gasteiger partial charge in [-0.1, -0.05) is 6.07 Å². The Morgan fingerprint density at radius 2 is 2.22 bits per heavy atom. The van der Waals surface area contributed by atoms with E-state index < -0.39 is 5.92 Å². The number of pyridine rings is 1. The van der Waals surface area contributed by atoms with Gasteiger partial charge in [-0.25, -0.2) is 0 Å². The summed E-state index contributed by atoms with van der Waals surface area (Å²) in [4.78, 5) is 28.9. The van der Waals surface area contributed by atoms with Gasteiger partial charge in [-0.2, -0.15) is 4.98 Å². The number of methoxy groups -OCH3 is 2. The summed E-state index contributed by atoms with van der Waals surface area (Å²) >= 11 is 0. The highest BCUT2D eigenvalue weighted by Gasteiger charge is 2.36. The van der Waals surface area contributed by atoms with Crippen molar-refractivity contribution >= 4 is 17.7 Å². The predicted molar refractivity (Wildman–Crippen MR) is 63.3 cm³/mol. The molecule has 1 aromatic rings. The third-order valence-electron chi connectivity index (χ3n) is 2.85. The molecule has 96 valence electrons. The van der Waals surface area contributed by atoms with E-state index in [1.54, 1.807) is 18.2 Å². The van der Waals surface area contributed by atoms with Gasteiger partial charge in [0.2, 0.25) is 11.8 Å². The second kappa shape index (κ2) is 5.03. The molecule has 0 aliphatic carbocycles. The highest BCUT2D eigenvalue weighted by molar-refractivity contribution is 5.98. The van der Waals surface area contributed by atoms with Crippen LogP contribution in [0.4, 0.5) is 5.82 Å². The SMILES string of the molecule is COC(=O)C1CC(=O)N(c2cccc(OC)n2)C1. The molecule has 1 amide bonds. The first-order valence-corrected chi connectivity index (χ1v) is 5.55. The van der Waals surface area contributed by atoms with Crippen molar-refractivity contribution in [3.63, 3.8) is 0 Å². The van der Waals surface area contributed by atoms with Crippen LogP contribution in [0.5, 0.6) is 5.88 Å². The fourth-order valence-corrected chi connectivity index (χ4v) is 1.92. The third kappa shape index (κ3) is 2.27. The van der Waals surface area contributed by atoms with E-state index in [-0.39, 0.29) is 18.3 Å². The number of hydrogen-bond acceptors (Lipinski definition) is 5. The molecular weight excluding hydrogens is 236 g/mol. The molecule has 1 saturated heterocycles. The van der Waals surface area contributed by atoms with E-state index in [1.165, 1.54) is 19.1 Å². The zero-order chi connectivity index (χ0) is 13.1. The van der Waals surface area contributed by atoms with Crippen LogP contribution in [0, 0.1) is 5.92 Å². The molecule has 0 radical (unpaired) electrons. The number of ether oxygens (including phenoxy) is 2. The first-order chi connectivity index (χ1) is 8.65. The van der Waals surface area contributed by atoms with Crippen molar-refractivity contribution in [2.75, 3.05) is 25.7 Å². The highest BCUT2D eigenvalue weighted by atomic mass is 16.5. The summed E-state index contributed by atoms with van der Waals surface area (Å²) in [6.45, 7) is 0.297. The van der Waals surface area contributed by atoms with Crippen molar-refractivity contribution in [2.24, 2.45) is 5.92 Å². The van der Waals surface area contributed by atoms with Crippen molar-refractivity contribution in [1.29, 1.82) is 0 Å². The number of carbonyl (C=O) groups is 2. The van der Waals surface area contributed by atoms with Crippen LogP contribution in [0.2, 0.25) is 0 Å². The molecular formula is C12H14N2O4. The van der Waals surface area contributed by atoms with Gasteiger partial charge in [0.05, 0.1) is 20.1 Å². The lowest BCUT2D eigenvalue weighted by Gasteiger charge is -2.15. The zero-order valence-corrected chi connectivity index (χ0v) is 10.3. The maximum absolute atomic E-state index is 11.8. The molecule has 6 heteroatoms. The van der Waals surface area contributed by atoms with Crippen LogP contribution in [-0.2, 0) is 14.3 Å². The minimum atomic E-state index is -0.421. The third-order valence-corrected chi connectivity index (χ3v) is 2.85. The number of nitrogens with zero attached hydrogens (tertiary/aromatic N) is 2. The molecule has 1 aromatic heterocycles. The van der Waals surface area contributed by atoms with Crippen LogP contribution in [0.3, 0.4) is 0 Å².